The van der Waals surface area contributed by atoms with E-state index in [1.165, 1.54) is 24.4 Å². The standard InChI is InChI=1S/C15H18N4O4/c1-10-6-12(19(22)23)4-5-13(10)14(20)16-9-15(2,21)11-7-17-18(3)8-11/h4-8,21H,9H2,1-3H3,(H,16,20). The van der Waals surface area contributed by atoms with E-state index in [9.17, 15) is 20.0 Å². The molecule has 2 aromatic rings. The van der Waals surface area contributed by atoms with Gasteiger partial charge in [-0.15, -0.1) is 0 Å². The minimum Gasteiger partial charge on any atom is -0.383 e. The van der Waals surface area contributed by atoms with Crippen molar-refractivity contribution in [3.63, 3.8) is 0 Å². The quantitative estimate of drug-likeness (QED) is 0.637. The van der Waals surface area contributed by atoms with Crippen LogP contribution in [0.25, 0.3) is 0 Å². The monoisotopic (exact) mass is 318 g/mol. The number of aromatic nitrogens is 2. The van der Waals surface area contributed by atoms with Crippen LogP contribution in [-0.2, 0) is 12.6 Å². The molecule has 0 bridgehead atoms. The molecule has 0 aliphatic carbocycles. The van der Waals surface area contributed by atoms with Crippen LogP contribution in [0.4, 0.5) is 5.69 Å². The van der Waals surface area contributed by atoms with Gasteiger partial charge < -0.3 is 10.4 Å². The molecular weight excluding hydrogens is 300 g/mol. The van der Waals surface area contributed by atoms with Crippen LogP contribution in [0.1, 0.15) is 28.4 Å². The Morgan fingerprint density at radius 2 is 2.22 bits per heavy atom. The van der Waals surface area contributed by atoms with Gasteiger partial charge in [-0.3, -0.25) is 19.6 Å². The highest BCUT2D eigenvalue weighted by Gasteiger charge is 2.26. The van der Waals surface area contributed by atoms with Gasteiger partial charge in [0, 0.05) is 36.5 Å². The van der Waals surface area contributed by atoms with Crippen molar-refractivity contribution in [1.82, 2.24) is 15.1 Å². The summed E-state index contributed by atoms with van der Waals surface area (Å²) in [5.74, 6) is -0.401. The van der Waals surface area contributed by atoms with Gasteiger partial charge in [0.2, 0.25) is 0 Å². The molecule has 1 heterocycles. The number of benzene rings is 1. The Hall–Kier alpha value is -2.74. The van der Waals surface area contributed by atoms with E-state index in [2.05, 4.69) is 10.4 Å². The summed E-state index contributed by atoms with van der Waals surface area (Å²) in [4.78, 5) is 22.4. The Balaban J connectivity index is 2.09. The highest BCUT2D eigenvalue weighted by molar-refractivity contribution is 5.95. The van der Waals surface area contributed by atoms with Crippen LogP contribution in [0, 0.1) is 17.0 Å². The first-order valence-electron chi connectivity index (χ1n) is 6.95. The first kappa shape index (κ1) is 16.6. The van der Waals surface area contributed by atoms with Gasteiger partial charge in [0.1, 0.15) is 5.60 Å². The summed E-state index contributed by atoms with van der Waals surface area (Å²) < 4.78 is 1.56. The van der Waals surface area contributed by atoms with Crippen LogP contribution in [0.3, 0.4) is 0 Å². The molecule has 0 fully saturated rings. The van der Waals surface area contributed by atoms with Crippen LogP contribution >= 0.6 is 0 Å². The summed E-state index contributed by atoms with van der Waals surface area (Å²) in [5.41, 5.74) is 0.0796. The van der Waals surface area contributed by atoms with Gasteiger partial charge in [-0.2, -0.15) is 5.10 Å². The number of aryl methyl sites for hydroxylation is 2. The van der Waals surface area contributed by atoms with Crippen molar-refractivity contribution in [3.05, 3.63) is 57.4 Å². The maximum atomic E-state index is 12.2. The number of hydrogen-bond acceptors (Lipinski definition) is 5. The largest absolute Gasteiger partial charge is 0.383 e. The molecule has 1 amide bonds. The molecule has 0 radical (unpaired) electrons. The van der Waals surface area contributed by atoms with Crippen molar-refractivity contribution in [2.45, 2.75) is 19.4 Å². The first-order chi connectivity index (χ1) is 10.7. The molecule has 1 unspecified atom stereocenters. The molecule has 122 valence electrons. The third-order valence-electron chi connectivity index (χ3n) is 3.59. The minimum absolute atomic E-state index is 0.00600. The zero-order valence-electron chi connectivity index (χ0n) is 13.1. The number of rotatable bonds is 5. The molecule has 8 heteroatoms. The summed E-state index contributed by atoms with van der Waals surface area (Å²) >= 11 is 0. The van der Waals surface area contributed by atoms with Crippen LogP contribution < -0.4 is 5.32 Å². The predicted octanol–water partition coefficient (Wildman–Crippen LogP) is 1.27. The van der Waals surface area contributed by atoms with E-state index >= 15 is 0 Å². The summed E-state index contributed by atoms with van der Waals surface area (Å²) in [7, 11) is 1.73. The van der Waals surface area contributed by atoms with E-state index < -0.39 is 16.4 Å². The van der Waals surface area contributed by atoms with Gasteiger partial charge in [0.25, 0.3) is 11.6 Å². The average molecular weight is 318 g/mol. The van der Waals surface area contributed by atoms with Gasteiger partial charge in [-0.05, 0) is 25.5 Å². The van der Waals surface area contributed by atoms with Gasteiger partial charge >= 0.3 is 0 Å². The number of nitrogens with zero attached hydrogens (tertiary/aromatic N) is 3. The van der Waals surface area contributed by atoms with Crippen LogP contribution in [0.5, 0.6) is 0 Å². The number of aliphatic hydroxyl groups is 1. The second-order valence-electron chi connectivity index (χ2n) is 5.62. The number of nitro benzene ring substituents is 1. The Bertz CT molecular complexity index is 752. The molecule has 1 atom stereocenters. The Kier molecular flexibility index (Phi) is 4.46. The van der Waals surface area contributed by atoms with Gasteiger partial charge in [-0.25, -0.2) is 0 Å². The maximum Gasteiger partial charge on any atom is 0.269 e. The number of carbonyl (C=O) groups is 1. The molecule has 2 N–H and O–H groups in total. The molecule has 2 rings (SSSR count). The second-order valence-corrected chi connectivity index (χ2v) is 5.62. The van der Waals surface area contributed by atoms with Crippen molar-refractivity contribution < 1.29 is 14.8 Å². The van der Waals surface area contributed by atoms with E-state index in [-0.39, 0.29) is 12.2 Å². The van der Waals surface area contributed by atoms with Gasteiger partial charge in [0.05, 0.1) is 17.7 Å². The van der Waals surface area contributed by atoms with Crippen molar-refractivity contribution in [2.75, 3.05) is 6.54 Å². The summed E-state index contributed by atoms with van der Waals surface area (Å²) in [6, 6.07) is 4.02. The van der Waals surface area contributed by atoms with Crippen molar-refractivity contribution in [2.24, 2.45) is 7.05 Å². The maximum absolute atomic E-state index is 12.2. The molecule has 1 aromatic heterocycles. The molecule has 1 aromatic carbocycles. The van der Waals surface area contributed by atoms with E-state index in [0.717, 1.165) is 0 Å². The number of nitrogens with one attached hydrogen (secondary N) is 1. The predicted molar refractivity (Wildman–Crippen MR) is 82.9 cm³/mol. The van der Waals surface area contributed by atoms with E-state index in [0.29, 0.717) is 16.7 Å². The second kappa shape index (κ2) is 6.17. The van der Waals surface area contributed by atoms with Gasteiger partial charge in [-0.1, -0.05) is 0 Å². The Labute approximate surface area is 132 Å². The molecule has 23 heavy (non-hydrogen) atoms. The minimum atomic E-state index is -1.27. The normalized spacial score (nSPS) is 13.4. The molecule has 0 saturated heterocycles. The lowest BCUT2D eigenvalue weighted by Crippen LogP contribution is -2.38. The smallest absolute Gasteiger partial charge is 0.269 e. The van der Waals surface area contributed by atoms with Crippen LogP contribution in [-0.4, -0.2) is 32.3 Å². The average Bonchev–Trinajstić information content (AvgIpc) is 2.92. The molecule has 8 nitrogen and oxygen atoms in total. The van der Waals surface area contributed by atoms with E-state index in [1.807, 2.05) is 0 Å². The highest BCUT2D eigenvalue weighted by Crippen LogP contribution is 2.20. The summed E-state index contributed by atoms with van der Waals surface area (Å²) in [6.45, 7) is 3.20. The Morgan fingerprint density at radius 3 is 2.74 bits per heavy atom. The number of hydrogen-bond donors (Lipinski definition) is 2. The van der Waals surface area contributed by atoms with Crippen molar-refractivity contribution in [3.8, 4) is 0 Å². The van der Waals surface area contributed by atoms with Crippen molar-refractivity contribution >= 4 is 11.6 Å². The molecule has 0 saturated carbocycles. The number of non-ortho nitro benzene ring substituents is 1. The van der Waals surface area contributed by atoms with E-state index in [1.54, 1.807) is 31.8 Å². The van der Waals surface area contributed by atoms with Crippen LogP contribution in [0.15, 0.2) is 30.6 Å². The summed E-state index contributed by atoms with van der Waals surface area (Å²) in [6.07, 6.45) is 3.20. The number of carbonyl (C=O) groups excluding carboxylic acids is 1. The fourth-order valence-corrected chi connectivity index (χ4v) is 2.17. The highest BCUT2D eigenvalue weighted by atomic mass is 16.6. The SMILES string of the molecule is Cc1cc([N+](=O)[O-])ccc1C(=O)NCC(C)(O)c1cnn(C)c1. The summed E-state index contributed by atoms with van der Waals surface area (Å²) in [5, 5.41) is 27.8. The fraction of sp³-hybridized carbons (Fsp3) is 0.333. The number of amides is 1. The third kappa shape index (κ3) is 3.72. The molecular formula is C15H18N4O4. The number of nitro groups is 1. The zero-order valence-corrected chi connectivity index (χ0v) is 13.1. The first-order valence-corrected chi connectivity index (χ1v) is 6.95. The molecule has 0 spiro atoms. The van der Waals surface area contributed by atoms with E-state index in [4.69, 9.17) is 0 Å². The lowest BCUT2D eigenvalue weighted by atomic mass is 9.99. The molecule has 0 aliphatic heterocycles. The zero-order chi connectivity index (χ0) is 17.2. The van der Waals surface area contributed by atoms with Gasteiger partial charge in [0.15, 0.2) is 0 Å². The van der Waals surface area contributed by atoms with Crippen LogP contribution in [0.2, 0.25) is 0 Å². The lowest BCUT2D eigenvalue weighted by Gasteiger charge is -2.22. The lowest BCUT2D eigenvalue weighted by molar-refractivity contribution is -0.384. The van der Waals surface area contributed by atoms with Crippen molar-refractivity contribution in [1.29, 1.82) is 0 Å². The fourth-order valence-electron chi connectivity index (χ4n) is 2.17. The topological polar surface area (TPSA) is 110 Å². The third-order valence-corrected chi connectivity index (χ3v) is 3.59. The Morgan fingerprint density at radius 1 is 1.52 bits per heavy atom. The molecule has 0 aliphatic rings.